The molecule has 0 unspecified atom stereocenters. The predicted octanol–water partition coefficient (Wildman–Crippen LogP) is 2.58. The van der Waals surface area contributed by atoms with Crippen LogP contribution in [0.1, 0.15) is 19.8 Å². The predicted molar refractivity (Wildman–Crippen MR) is 82.9 cm³/mol. The van der Waals surface area contributed by atoms with Crippen LogP contribution in [0.4, 0.5) is 11.6 Å². The maximum Gasteiger partial charge on any atom is 0.278 e. The van der Waals surface area contributed by atoms with E-state index in [0.29, 0.717) is 17.1 Å². The summed E-state index contributed by atoms with van der Waals surface area (Å²) in [7, 11) is 0. The number of anilines is 2. The van der Waals surface area contributed by atoms with E-state index in [1.807, 2.05) is 35.2 Å². The number of rotatable bonds is 5. The highest BCUT2D eigenvalue weighted by Crippen LogP contribution is 2.22. The number of aromatic nitrogens is 4. The summed E-state index contributed by atoms with van der Waals surface area (Å²) >= 11 is 0. The molecule has 6 heteroatoms. The van der Waals surface area contributed by atoms with E-state index in [9.17, 15) is 4.79 Å². The number of hydrogen-bond donors (Lipinski definition) is 2. The summed E-state index contributed by atoms with van der Waals surface area (Å²) in [6, 6.07) is 9.92. The number of imidazole rings is 1. The first-order valence-corrected chi connectivity index (χ1v) is 7.05. The fourth-order valence-electron chi connectivity index (χ4n) is 2.24. The third-order valence-electron chi connectivity index (χ3n) is 3.34. The normalized spacial score (nSPS) is 10.9. The van der Waals surface area contributed by atoms with Gasteiger partial charge in [0, 0.05) is 12.2 Å². The van der Waals surface area contributed by atoms with E-state index in [-0.39, 0.29) is 5.56 Å². The van der Waals surface area contributed by atoms with Crippen molar-refractivity contribution in [2.24, 2.45) is 0 Å². The fraction of sp³-hybridized carbons (Fsp3) is 0.267. The monoisotopic (exact) mass is 283 g/mol. The van der Waals surface area contributed by atoms with E-state index in [1.165, 1.54) is 6.33 Å². The minimum absolute atomic E-state index is 0.204. The zero-order chi connectivity index (χ0) is 14.7. The Kier molecular flexibility index (Phi) is 3.68. The average molecular weight is 283 g/mol. The van der Waals surface area contributed by atoms with Gasteiger partial charge in [0.1, 0.15) is 0 Å². The smallest absolute Gasteiger partial charge is 0.278 e. The van der Waals surface area contributed by atoms with Gasteiger partial charge >= 0.3 is 0 Å². The third kappa shape index (κ3) is 2.65. The van der Waals surface area contributed by atoms with Crippen LogP contribution in [0.2, 0.25) is 0 Å². The standard InChI is InChI=1S/C15H17N5O/c1-2-3-9-20(11-7-5-4-6-8-11)15-18-13-12(14(21)19-15)16-10-17-13/h4-8,10H,2-3,9H2,1H3,(H2,16,17,18,19,21). The number of hydrogen-bond acceptors (Lipinski definition) is 4. The summed E-state index contributed by atoms with van der Waals surface area (Å²) in [6.07, 6.45) is 3.56. The fourth-order valence-corrected chi connectivity index (χ4v) is 2.24. The molecule has 0 spiro atoms. The van der Waals surface area contributed by atoms with Crippen molar-refractivity contribution in [1.82, 2.24) is 19.9 Å². The van der Waals surface area contributed by atoms with Gasteiger partial charge in [-0.25, -0.2) is 4.98 Å². The zero-order valence-corrected chi connectivity index (χ0v) is 11.8. The van der Waals surface area contributed by atoms with Crippen LogP contribution >= 0.6 is 0 Å². The second kappa shape index (κ2) is 5.78. The van der Waals surface area contributed by atoms with Crippen LogP contribution in [-0.4, -0.2) is 26.5 Å². The van der Waals surface area contributed by atoms with E-state index in [1.54, 1.807) is 0 Å². The molecule has 0 aliphatic heterocycles. The summed E-state index contributed by atoms with van der Waals surface area (Å²) in [5, 5.41) is 0. The molecule has 3 aromatic rings. The summed E-state index contributed by atoms with van der Waals surface area (Å²) in [6.45, 7) is 2.93. The Balaban J connectivity index is 2.07. The van der Waals surface area contributed by atoms with Gasteiger partial charge in [0.25, 0.3) is 5.56 Å². The number of benzene rings is 1. The molecule has 21 heavy (non-hydrogen) atoms. The Morgan fingerprint density at radius 1 is 1.24 bits per heavy atom. The molecule has 0 radical (unpaired) electrons. The van der Waals surface area contributed by atoms with E-state index in [0.717, 1.165) is 25.1 Å². The number of unbranched alkanes of at least 4 members (excludes halogenated alkanes) is 1. The van der Waals surface area contributed by atoms with E-state index in [4.69, 9.17) is 0 Å². The van der Waals surface area contributed by atoms with Crippen LogP contribution in [0.25, 0.3) is 11.2 Å². The van der Waals surface area contributed by atoms with Crippen molar-refractivity contribution in [3.8, 4) is 0 Å². The first-order chi connectivity index (χ1) is 10.3. The van der Waals surface area contributed by atoms with Gasteiger partial charge in [0.15, 0.2) is 11.2 Å². The minimum Gasteiger partial charge on any atom is -0.339 e. The van der Waals surface area contributed by atoms with Gasteiger partial charge in [-0.2, -0.15) is 4.98 Å². The highest BCUT2D eigenvalue weighted by atomic mass is 16.1. The Morgan fingerprint density at radius 3 is 2.81 bits per heavy atom. The molecule has 0 saturated heterocycles. The molecular weight excluding hydrogens is 266 g/mol. The van der Waals surface area contributed by atoms with Gasteiger partial charge in [-0.05, 0) is 18.6 Å². The van der Waals surface area contributed by atoms with Crippen molar-refractivity contribution in [3.05, 3.63) is 47.0 Å². The molecule has 0 bridgehead atoms. The average Bonchev–Trinajstić information content (AvgIpc) is 2.98. The molecule has 6 nitrogen and oxygen atoms in total. The van der Waals surface area contributed by atoms with E-state index in [2.05, 4.69) is 26.9 Å². The summed E-state index contributed by atoms with van der Waals surface area (Å²) in [5.41, 5.74) is 1.64. The minimum atomic E-state index is -0.204. The van der Waals surface area contributed by atoms with Crippen LogP contribution in [0, 0.1) is 0 Å². The zero-order valence-electron chi connectivity index (χ0n) is 11.8. The Morgan fingerprint density at radius 2 is 2.05 bits per heavy atom. The number of nitrogens with one attached hydrogen (secondary N) is 2. The van der Waals surface area contributed by atoms with Crippen molar-refractivity contribution in [3.63, 3.8) is 0 Å². The number of para-hydroxylation sites is 1. The molecule has 0 saturated carbocycles. The first kappa shape index (κ1) is 13.4. The molecule has 2 heterocycles. The summed E-state index contributed by atoms with van der Waals surface area (Å²) in [5.74, 6) is 0.527. The van der Waals surface area contributed by atoms with Gasteiger partial charge in [-0.3, -0.25) is 9.78 Å². The number of nitrogens with zero attached hydrogens (tertiary/aromatic N) is 3. The van der Waals surface area contributed by atoms with Crippen LogP contribution in [0.15, 0.2) is 41.5 Å². The van der Waals surface area contributed by atoms with Gasteiger partial charge in [-0.15, -0.1) is 0 Å². The SMILES string of the molecule is CCCCN(c1ccccc1)c1nc2nc[nH]c2c(=O)[nH]1. The quantitative estimate of drug-likeness (QED) is 0.754. The van der Waals surface area contributed by atoms with Crippen LogP contribution in [0.3, 0.4) is 0 Å². The molecule has 0 amide bonds. The molecule has 2 N–H and O–H groups in total. The maximum atomic E-state index is 12.1. The van der Waals surface area contributed by atoms with Crippen molar-refractivity contribution < 1.29 is 0 Å². The first-order valence-electron chi connectivity index (χ1n) is 7.05. The van der Waals surface area contributed by atoms with Crippen molar-refractivity contribution >= 4 is 22.8 Å². The third-order valence-corrected chi connectivity index (χ3v) is 3.34. The highest BCUT2D eigenvalue weighted by molar-refractivity contribution is 5.71. The van der Waals surface area contributed by atoms with Gasteiger partial charge in [0.2, 0.25) is 5.95 Å². The molecule has 108 valence electrons. The number of fused-ring (bicyclic) bond motifs is 1. The van der Waals surface area contributed by atoms with Gasteiger partial charge < -0.3 is 9.88 Å². The Bertz CT molecular complexity index is 777. The molecule has 0 aliphatic carbocycles. The summed E-state index contributed by atoms with van der Waals surface area (Å²) < 4.78 is 0. The summed E-state index contributed by atoms with van der Waals surface area (Å²) in [4.78, 5) is 28.3. The highest BCUT2D eigenvalue weighted by Gasteiger charge is 2.14. The van der Waals surface area contributed by atoms with Crippen molar-refractivity contribution in [2.75, 3.05) is 11.4 Å². The van der Waals surface area contributed by atoms with Crippen molar-refractivity contribution in [1.29, 1.82) is 0 Å². The lowest BCUT2D eigenvalue weighted by atomic mass is 10.2. The molecule has 1 aromatic carbocycles. The Hall–Kier alpha value is -2.63. The molecule has 0 aliphatic rings. The topological polar surface area (TPSA) is 77.7 Å². The van der Waals surface area contributed by atoms with Gasteiger partial charge in [-0.1, -0.05) is 31.5 Å². The van der Waals surface area contributed by atoms with Crippen LogP contribution in [-0.2, 0) is 0 Å². The maximum absolute atomic E-state index is 12.1. The largest absolute Gasteiger partial charge is 0.339 e. The molecule has 3 rings (SSSR count). The number of H-pyrrole nitrogens is 2. The Labute approximate surface area is 121 Å². The molecule has 0 atom stereocenters. The second-order valence-electron chi connectivity index (χ2n) is 4.83. The molecular formula is C15H17N5O. The van der Waals surface area contributed by atoms with Crippen LogP contribution in [0.5, 0.6) is 0 Å². The lowest BCUT2D eigenvalue weighted by Crippen LogP contribution is -2.24. The van der Waals surface area contributed by atoms with Gasteiger partial charge in [0.05, 0.1) is 6.33 Å². The molecule has 2 aromatic heterocycles. The lowest BCUT2D eigenvalue weighted by molar-refractivity contribution is 0.771. The van der Waals surface area contributed by atoms with Crippen molar-refractivity contribution in [2.45, 2.75) is 19.8 Å². The number of aromatic amines is 2. The van der Waals surface area contributed by atoms with Crippen LogP contribution < -0.4 is 10.5 Å². The van der Waals surface area contributed by atoms with E-state index < -0.39 is 0 Å². The van der Waals surface area contributed by atoms with E-state index >= 15 is 0 Å². The lowest BCUT2D eigenvalue weighted by Gasteiger charge is -2.22. The molecule has 0 fully saturated rings. The second-order valence-corrected chi connectivity index (χ2v) is 4.83.